The maximum atomic E-state index is 10.2. The van der Waals surface area contributed by atoms with Gasteiger partial charge in [-0.05, 0) is 67.4 Å². The Bertz CT molecular complexity index is 700. The predicted molar refractivity (Wildman–Crippen MR) is 94.5 cm³/mol. The Balaban J connectivity index is 2.34. The molecule has 1 heterocycles. The Kier molecular flexibility index (Phi) is 5.25. The maximum absolute atomic E-state index is 10.2. The van der Waals surface area contributed by atoms with Gasteiger partial charge >= 0.3 is 0 Å². The normalized spacial score (nSPS) is 19.8. The summed E-state index contributed by atoms with van der Waals surface area (Å²) in [6, 6.07) is 1.91. The van der Waals surface area contributed by atoms with Gasteiger partial charge in [0.2, 0.25) is 0 Å². The summed E-state index contributed by atoms with van der Waals surface area (Å²) in [6.45, 7) is 7.77. The largest absolute Gasteiger partial charge is 0.515 e. The first-order chi connectivity index (χ1) is 10.8. The summed E-state index contributed by atoms with van der Waals surface area (Å²) in [5.74, 6) is 0.686. The summed E-state index contributed by atoms with van der Waals surface area (Å²) in [5, 5.41) is 19.9. The van der Waals surface area contributed by atoms with E-state index in [1.54, 1.807) is 12.3 Å². The number of aliphatic hydroxyl groups is 2. The van der Waals surface area contributed by atoms with Gasteiger partial charge in [-0.25, -0.2) is 0 Å². The first-order valence-electron chi connectivity index (χ1n) is 7.78. The van der Waals surface area contributed by atoms with Crippen LogP contribution in [0.5, 0.6) is 0 Å². The third-order valence-corrected chi connectivity index (χ3v) is 4.42. The van der Waals surface area contributed by atoms with Gasteiger partial charge in [0.05, 0.1) is 20.4 Å². The highest BCUT2D eigenvalue weighted by Crippen LogP contribution is 2.37. The lowest BCUT2D eigenvalue weighted by atomic mass is 9.72. The minimum Gasteiger partial charge on any atom is -0.515 e. The van der Waals surface area contributed by atoms with Crippen LogP contribution >= 0.6 is 0 Å². The molecule has 1 aliphatic carbocycles. The molecule has 0 aliphatic heterocycles. The van der Waals surface area contributed by atoms with E-state index in [-0.39, 0.29) is 11.7 Å². The number of allylic oxidation sites excluding steroid dienone is 5. The van der Waals surface area contributed by atoms with Crippen molar-refractivity contribution >= 4 is 13.9 Å². The molecule has 3 nitrogen and oxygen atoms in total. The highest BCUT2D eigenvalue weighted by atomic mass is 16.3. The molecule has 1 aromatic rings. The minimum absolute atomic E-state index is 0.143. The van der Waals surface area contributed by atoms with Crippen LogP contribution in [0, 0.1) is 5.92 Å². The van der Waals surface area contributed by atoms with Crippen molar-refractivity contribution in [3.8, 4) is 0 Å². The smallest absolute Gasteiger partial charge is 0.114 e. The van der Waals surface area contributed by atoms with Crippen LogP contribution in [0.2, 0.25) is 5.82 Å². The fraction of sp³-hybridized carbons (Fsp3) is 0.368. The Morgan fingerprint density at radius 2 is 2.09 bits per heavy atom. The van der Waals surface area contributed by atoms with Crippen molar-refractivity contribution in [1.82, 2.24) is 0 Å². The second-order valence-electron chi connectivity index (χ2n) is 6.29. The van der Waals surface area contributed by atoms with Crippen molar-refractivity contribution in [1.29, 1.82) is 0 Å². The van der Waals surface area contributed by atoms with E-state index in [0.29, 0.717) is 5.57 Å². The van der Waals surface area contributed by atoms with E-state index in [1.165, 1.54) is 0 Å². The molecule has 23 heavy (non-hydrogen) atoms. The summed E-state index contributed by atoms with van der Waals surface area (Å²) in [5.41, 5.74) is 4.40. The molecule has 0 amide bonds. The molecule has 4 heteroatoms. The number of fused-ring (bicyclic) bond motifs is 1. The molecule has 2 atom stereocenters. The fourth-order valence-electron chi connectivity index (χ4n) is 2.70. The van der Waals surface area contributed by atoms with Gasteiger partial charge in [-0.3, -0.25) is 0 Å². The van der Waals surface area contributed by atoms with Gasteiger partial charge < -0.3 is 14.6 Å². The van der Waals surface area contributed by atoms with Crippen LogP contribution in [0.25, 0.3) is 6.08 Å². The highest BCUT2D eigenvalue weighted by Gasteiger charge is 2.24. The molecule has 0 aromatic carbocycles. The zero-order chi connectivity index (χ0) is 17.1. The SMILES string of the molecule is [B]C(/C=C(/O)C(C)=C(C)C)/C(=C/O)C1=Cc2ccoc2CC1C. The summed E-state index contributed by atoms with van der Waals surface area (Å²) >= 11 is 0. The van der Waals surface area contributed by atoms with Crippen LogP contribution < -0.4 is 0 Å². The lowest BCUT2D eigenvalue weighted by molar-refractivity contribution is 0.419. The van der Waals surface area contributed by atoms with Crippen LogP contribution in [-0.4, -0.2) is 18.1 Å². The van der Waals surface area contributed by atoms with Crippen LogP contribution in [0.4, 0.5) is 0 Å². The van der Waals surface area contributed by atoms with Crippen molar-refractivity contribution < 1.29 is 14.6 Å². The molecule has 0 saturated heterocycles. The van der Waals surface area contributed by atoms with Crippen LogP contribution in [0.15, 0.2) is 57.1 Å². The minimum atomic E-state index is -0.587. The van der Waals surface area contributed by atoms with Gasteiger partial charge in [-0.2, -0.15) is 0 Å². The molecule has 1 aliphatic rings. The van der Waals surface area contributed by atoms with Crippen LogP contribution in [0.3, 0.4) is 0 Å². The number of hydrogen-bond acceptors (Lipinski definition) is 3. The van der Waals surface area contributed by atoms with E-state index in [1.807, 2.05) is 32.9 Å². The molecule has 0 bridgehead atoms. The first kappa shape index (κ1) is 17.3. The average molecular weight is 310 g/mol. The van der Waals surface area contributed by atoms with Crippen molar-refractivity contribution in [2.75, 3.05) is 0 Å². The Labute approximate surface area is 139 Å². The third-order valence-electron chi connectivity index (χ3n) is 4.42. The maximum Gasteiger partial charge on any atom is 0.114 e. The summed E-state index contributed by atoms with van der Waals surface area (Å²) in [4.78, 5) is 0. The van der Waals surface area contributed by atoms with E-state index in [4.69, 9.17) is 12.3 Å². The molecular formula is C19H23BO3. The standard InChI is InChI=1S/C19H23BO3/c1-11(2)13(4)18(22)9-17(20)16(10-21)15-8-14-5-6-23-19(14)7-12(15)3/h5-6,8-10,12,17,21-22H,7H2,1-4H3/b16-10+,18-9+. The highest BCUT2D eigenvalue weighted by molar-refractivity contribution is 6.15. The molecule has 2 rings (SSSR count). The Hall–Kier alpha value is -2.10. The summed E-state index contributed by atoms with van der Waals surface area (Å²) in [6.07, 6.45) is 7.04. The van der Waals surface area contributed by atoms with Gasteiger partial charge in [0, 0.05) is 12.0 Å². The quantitative estimate of drug-likeness (QED) is 0.465. The molecular weight excluding hydrogens is 287 g/mol. The van der Waals surface area contributed by atoms with E-state index in [2.05, 4.69) is 6.92 Å². The fourth-order valence-corrected chi connectivity index (χ4v) is 2.70. The molecule has 0 saturated carbocycles. The van der Waals surface area contributed by atoms with Crippen molar-refractivity contribution in [3.63, 3.8) is 0 Å². The van der Waals surface area contributed by atoms with Crippen molar-refractivity contribution in [3.05, 3.63) is 64.0 Å². The molecule has 0 fully saturated rings. The Morgan fingerprint density at radius 3 is 2.70 bits per heavy atom. The van der Waals surface area contributed by atoms with Gasteiger partial charge in [0.15, 0.2) is 0 Å². The van der Waals surface area contributed by atoms with Gasteiger partial charge in [-0.15, -0.1) is 0 Å². The number of hydrogen-bond donors (Lipinski definition) is 2. The average Bonchev–Trinajstić information content (AvgIpc) is 2.94. The van der Waals surface area contributed by atoms with E-state index < -0.39 is 5.82 Å². The summed E-state index contributed by atoms with van der Waals surface area (Å²) in [7, 11) is 6.20. The van der Waals surface area contributed by atoms with E-state index >= 15 is 0 Å². The third kappa shape index (κ3) is 3.63. The first-order valence-corrected chi connectivity index (χ1v) is 7.78. The van der Waals surface area contributed by atoms with Gasteiger partial charge in [0.1, 0.15) is 11.5 Å². The molecule has 2 unspecified atom stereocenters. The van der Waals surface area contributed by atoms with Crippen molar-refractivity contribution in [2.24, 2.45) is 5.92 Å². The zero-order valence-electron chi connectivity index (χ0n) is 14.1. The second-order valence-corrected chi connectivity index (χ2v) is 6.29. The number of furan rings is 1. The molecule has 1 aromatic heterocycles. The monoisotopic (exact) mass is 310 g/mol. The topological polar surface area (TPSA) is 53.6 Å². The molecule has 2 N–H and O–H groups in total. The molecule has 0 spiro atoms. The van der Waals surface area contributed by atoms with Crippen molar-refractivity contribution in [2.45, 2.75) is 39.9 Å². The van der Waals surface area contributed by atoms with Crippen LogP contribution in [0.1, 0.15) is 39.0 Å². The molecule has 120 valence electrons. The number of aliphatic hydroxyl groups excluding tert-OH is 2. The lowest BCUT2D eigenvalue weighted by Gasteiger charge is -2.24. The lowest BCUT2D eigenvalue weighted by Crippen LogP contribution is -2.13. The van der Waals surface area contributed by atoms with Gasteiger partial charge in [0.25, 0.3) is 0 Å². The molecule has 2 radical (unpaired) electrons. The van der Waals surface area contributed by atoms with Crippen LogP contribution in [-0.2, 0) is 6.42 Å². The Morgan fingerprint density at radius 1 is 1.39 bits per heavy atom. The summed E-state index contributed by atoms with van der Waals surface area (Å²) < 4.78 is 5.46. The zero-order valence-corrected chi connectivity index (χ0v) is 14.1. The van der Waals surface area contributed by atoms with E-state index in [9.17, 15) is 10.2 Å². The predicted octanol–water partition coefficient (Wildman–Crippen LogP) is 5.05. The number of rotatable bonds is 4. The second kappa shape index (κ2) is 6.99. The van der Waals surface area contributed by atoms with E-state index in [0.717, 1.165) is 40.7 Å². The van der Waals surface area contributed by atoms with Gasteiger partial charge in [-0.1, -0.05) is 12.5 Å².